The van der Waals surface area contributed by atoms with Crippen molar-refractivity contribution in [3.05, 3.63) is 12.7 Å². The minimum Gasteiger partial charge on any atom is -0.750 e. The first-order valence-corrected chi connectivity index (χ1v) is 4.39. The topological polar surface area (TPSA) is 92.5 Å². The van der Waals surface area contributed by atoms with Crippen LogP contribution in [0.2, 0.25) is 0 Å². The highest BCUT2D eigenvalue weighted by Gasteiger charge is 2.09. The Morgan fingerprint density at radius 2 is 1.92 bits per heavy atom. The predicted molar refractivity (Wildman–Crippen MR) is 49.1 cm³/mol. The standard InChI is InChI=1S/C4H10O3S.C3H5NO/c1-4(2,3)7-8(5)6;1-2-3(4)5/h1-3H3,(H,5,6);2H,1H2,(H2,4,5)/p-1. The minimum atomic E-state index is -2.39. The van der Waals surface area contributed by atoms with Gasteiger partial charge < -0.3 is 10.3 Å². The van der Waals surface area contributed by atoms with E-state index in [9.17, 15) is 13.6 Å². The maximum absolute atomic E-state index is 9.79. The van der Waals surface area contributed by atoms with Crippen molar-refractivity contribution >= 4 is 17.3 Å². The van der Waals surface area contributed by atoms with Gasteiger partial charge in [0, 0.05) is 0 Å². The van der Waals surface area contributed by atoms with Crippen LogP contribution in [0.15, 0.2) is 12.7 Å². The molecule has 1 amide bonds. The zero-order chi connectivity index (χ0) is 11.1. The Morgan fingerprint density at radius 1 is 1.62 bits per heavy atom. The fraction of sp³-hybridized carbons (Fsp3) is 0.571. The average molecular weight is 208 g/mol. The number of amides is 1. The van der Waals surface area contributed by atoms with Gasteiger partial charge in [0.25, 0.3) is 0 Å². The van der Waals surface area contributed by atoms with E-state index < -0.39 is 22.9 Å². The molecule has 0 aromatic rings. The Morgan fingerprint density at radius 3 is 1.92 bits per heavy atom. The summed E-state index contributed by atoms with van der Waals surface area (Å²) in [6, 6.07) is 0. The maximum atomic E-state index is 9.79. The molecule has 0 fully saturated rings. The monoisotopic (exact) mass is 208 g/mol. The van der Waals surface area contributed by atoms with Crippen molar-refractivity contribution in [3.8, 4) is 0 Å². The molecule has 0 aromatic heterocycles. The van der Waals surface area contributed by atoms with E-state index in [1.807, 2.05) is 0 Å². The molecule has 1 atom stereocenters. The number of carbonyl (C=O) groups excluding carboxylic acids is 1. The summed E-state index contributed by atoms with van der Waals surface area (Å²) in [7, 11) is 0. The molecule has 78 valence electrons. The van der Waals surface area contributed by atoms with E-state index in [1.54, 1.807) is 20.8 Å². The van der Waals surface area contributed by atoms with Crippen LogP contribution in [0, 0.1) is 0 Å². The molecule has 6 heteroatoms. The first-order chi connectivity index (χ1) is 5.69. The van der Waals surface area contributed by atoms with E-state index in [4.69, 9.17) is 0 Å². The summed E-state index contributed by atoms with van der Waals surface area (Å²) in [5.74, 6) is -0.481. The molecule has 0 aliphatic rings. The Balaban J connectivity index is 0. The third-order valence-corrected chi connectivity index (χ3v) is 1.16. The second-order valence-electron chi connectivity index (χ2n) is 3.01. The van der Waals surface area contributed by atoms with Gasteiger partial charge in [0.15, 0.2) is 0 Å². The highest BCUT2D eigenvalue weighted by molar-refractivity contribution is 7.74. The second-order valence-corrected chi connectivity index (χ2v) is 3.58. The van der Waals surface area contributed by atoms with Gasteiger partial charge in [-0.05, 0) is 26.8 Å². The van der Waals surface area contributed by atoms with Crippen molar-refractivity contribution < 1.29 is 17.7 Å². The summed E-state index contributed by atoms with van der Waals surface area (Å²) < 4.78 is 23.9. The Labute approximate surface area is 80.4 Å². The quantitative estimate of drug-likeness (QED) is 0.520. The van der Waals surface area contributed by atoms with Gasteiger partial charge in [0.05, 0.1) is 17.0 Å². The number of nitrogens with two attached hydrogens (primary N) is 1. The number of carbonyl (C=O) groups is 1. The van der Waals surface area contributed by atoms with Crippen LogP contribution in [0.3, 0.4) is 0 Å². The summed E-state index contributed by atoms with van der Waals surface area (Å²) in [5, 5.41) is 0. The molecule has 0 rings (SSSR count). The Hall–Kier alpha value is -0.720. The van der Waals surface area contributed by atoms with Crippen LogP contribution in [-0.2, 0) is 20.3 Å². The van der Waals surface area contributed by atoms with Crippen molar-refractivity contribution in [2.45, 2.75) is 26.4 Å². The maximum Gasteiger partial charge on any atom is 0.240 e. The van der Waals surface area contributed by atoms with Gasteiger partial charge in [-0.25, -0.2) is 4.21 Å². The van der Waals surface area contributed by atoms with Gasteiger partial charge in [-0.2, -0.15) is 0 Å². The van der Waals surface area contributed by atoms with Gasteiger partial charge in [0.2, 0.25) is 5.91 Å². The minimum absolute atomic E-state index is 0.481. The molecule has 0 saturated heterocycles. The predicted octanol–water partition coefficient (Wildman–Crippen LogP) is 0.253. The van der Waals surface area contributed by atoms with E-state index in [2.05, 4.69) is 16.5 Å². The van der Waals surface area contributed by atoms with Crippen molar-refractivity contribution in [1.82, 2.24) is 0 Å². The third-order valence-electron chi connectivity index (χ3n) is 0.519. The number of rotatable bonds is 2. The molecule has 0 aliphatic carbocycles. The third kappa shape index (κ3) is 24.6. The first-order valence-electron chi connectivity index (χ1n) is 3.39. The molecular formula is C7H14NO4S-. The van der Waals surface area contributed by atoms with E-state index in [1.165, 1.54) is 0 Å². The van der Waals surface area contributed by atoms with E-state index in [0.29, 0.717) is 0 Å². The molecule has 0 saturated carbocycles. The fourth-order valence-corrected chi connectivity index (χ4v) is 0.612. The number of hydrogen-bond acceptors (Lipinski definition) is 4. The summed E-state index contributed by atoms with van der Waals surface area (Å²) in [6.45, 7) is 8.09. The lowest BCUT2D eigenvalue weighted by Gasteiger charge is -2.19. The summed E-state index contributed by atoms with van der Waals surface area (Å²) in [6.07, 6.45) is 1.06. The van der Waals surface area contributed by atoms with Crippen LogP contribution >= 0.6 is 0 Å². The Bertz CT molecular complexity index is 197. The molecule has 0 radical (unpaired) electrons. The lowest BCUT2D eigenvalue weighted by atomic mass is 10.2. The molecule has 0 aliphatic heterocycles. The number of primary amides is 1. The average Bonchev–Trinajstić information content (AvgIpc) is 1.83. The Kier molecular flexibility index (Phi) is 7.69. The molecule has 13 heavy (non-hydrogen) atoms. The zero-order valence-electron chi connectivity index (χ0n) is 7.90. The number of hydrogen-bond donors (Lipinski definition) is 1. The zero-order valence-corrected chi connectivity index (χ0v) is 8.72. The van der Waals surface area contributed by atoms with Gasteiger partial charge >= 0.3 is 0 Å². The van der Waals surface area contributed by atoms with E-state index in [-0.39, 0.29) is 0 Å². The normalized spacial score (nSPS) is 12.3. The van der Waals surface area contributed by atoms with Gasteiger partial charge in [-0.1, -0.05) is 6.58 Å². The molecule has 1 unspecified atom stereocenters. The largest absolute Gasteiger partial charge is 0.750 e. The highest BCUT2D eigenvalue weighted by atomic mass is 32.2. The van der Waals surface area contributed by atoms with Crippen LogP contribution < -0.4 is 5.73 Å². The van der Waals surface area contributed by atoms with Crippen LogP contribution in [0.1, 0.15) is 20.8 Å². The molecule has 0 bridgehead atoms. The van der Waals surface area contributed by atoms with E-state index >= 15 is 0 Å². The van der Waals surface area contributed by atoms with Crippen LogP contribution in [0.5, 0.6) is 0 Å². The van der Waals surface area contributed by atoms with Crippen molar-refractivity contribution in [3.63, 3.8) is 0 Å². The lowest BCUT2D eigenvalue weighted by molar-refractivity contribution is -0.113. The van der Waals surface area contributed by atoms with Crippen molar-refractivity contribution in [2.24, 2.45) is 5.73 Å². The first kappa shape index (κ1) is 14.8. The van der Waals surface area contributed by atoms with Crippen LogP contribution in [-0.4, -0.2) is 20.3 Å². The van der Waals surface area contributed by atoms with E-state index in [0.717, 1.165) is 6.08 Å². The SMILES string of the molecule is C=CC(N)=O.CC(C)(C)OS(=O)[O-]. The van der Waals surface area contributed by atoms with Crippen LogP contribution in [0.25, 0.3) is 0 Å². The van der Waals surface area contributed by atoms with Crippen LogP contribution in [0.4, 0.5) is 0 Å². The van der Waals surface area contributed by atoms with Gasteiger partial charge in [-0.3, -0.25) is 8.98 Å². The van der Waals surface area contributed by atoms with Crippen molar-refractivity contribution in [1.29, 1.82) is 0 Å². The smallest absolute Gasteiger partial charge is 0.240 e. The summed E-state index contributed by atoms with van der Waals surface area (Å²) in [4.78, 5) is 9.47. The molecule has 2 N–H and O–H groups in total. The van der Waals surface area contributed by atoms with Crippen molar-refractivity contribution in [2.75, 3.05) is 0 Å². The molecule has 0 spiro atoms. The molecule has 5 nitrogen and oxygen atoms in total. The van der Waals surface area contributed by atoms with Gasteiger partial charge in [-0.15, -0.1) is 0 Å². The molecule has 0 aromatic carbocycles. The second kappa shape index (κ2) is 6.76. The lowest BCUT2D eigenvalue weighted by Crippen LogP contribution is -2.20. The van der Waals surface area contributed by atoms with Gasteiger partial charge in [0.1, 0.15) is 0 Å². The highest BCUT2D eigenvalue weighted by Crippen LogP contribution is 2.06. The molecular weight excluding hydrogens is 194 g/mol. The fourth-order valence-electron chi connectivity index (χ4n) is 0.204. The summed E-state index contributed by atoms with van der Waals surface area (Å²) in [5.41, 5.74) is 3.94. The summed E-state index contributed by atoms with van der Waals surface area (Å²) >= 11 is -2.39. The molecule has 0 heterocycles.